The third kappa shape index (κ3) is 2.58. The van der Waals surface area contributed by atoms with Gasteiger partial charge in [-0.05, 0) is 17.5 Å². The van der Waals surface area contributed by atoms with Gasteiger partial charge in [-0.15, -0.1) is 0 Å². The van der Waals surface area contributed by atoms with Crippen LogP contribution in [0.3, 0.4) is 0 Å². The number of hydrogen-bond donors (Lipinski definition) is 3. The van der Waals surface area contributed by atoms with Crippen molar-refractivity contribution in [1.29, 1.82) is 0 Å². The zero-order valence-corrected chi connectivity index (χ0v) is 9.94. The molecule has 0 saturated heterocycles. The molecule has 92 valence electrons. The van der Waals surface area contributed by atoms with Crippen LogP contribution in [0.1, 0.15) is 30.5 Å². The zero-order valence-electron chi connectivity index (χ0n) is 9.94. The van der Waals surface area contributed by atoms with Crippen molar-refractivity contribution in [3.8, 4) is 0 Å². The second-order valence-electron chi connectivity index (χ2n) is 4.35. The highest BCUT2D eigenvalue weighted by Gasteiger charge is 2.31. The molecular weight excluding hydrogens is 216 g/mol. The van der Waals surface area contributed by atoms with E-state index in [-0.39, 0.29) is 12.1 Å². The lowest BCUT2D eigenvalue weighted by atomic mass is 10.1. The normalized spacial score (nSPS) is 22.0. The van der Waals surface area contributed by atoms with Gasteiger partial charge in [0.1, 0.15) is 0 Å². The molecule has 1 aliphatic carbocycles. The molecule has 1 aliphatic rings. The summed E-state index contributed by atoms with van der Waals surface area (Å²) in [5, 5.41) is 15.5. The minimum atomic E-state index is -0.528. The highest BCUT2D eigenvalue weighted by atomic mass is 16.3. The SMILES string of the molecule is CCCNC(=O)NC1c2ccccc2CC1O. The van der Waals surface area contributed by atoms with Crippen molar-refractivity contribution in [2.24, 2.45) is 0 Å². The number of hydrogen-bond acceptors (Lipinski definition) is 2. The Labute approximate surface area is 101 Å². The quantitative estimate of drug-likeness (QED) is 0.739. The van der Waals surface area contributed by atoms with Crippen LogP contribution in [0.5, 0.6) is 0 Å². The third-order valence-corrected chi connectivity index (χ3v) is 3.03. The minimum Gasteiger partial charge on any atom is -0.390 e. The van der Waals surface area contributed by atoms with Gasteiger partial charge in [0, 0.05) is 13.0 Å². The van der Waals surface area contributed by atoms with Gasteiger partial charge in [0.2, 0.25) is 0 Å². The molecule has 1 aromatic carbocycles. The third-order valence-electron chi connectivity index (χ3n) is 3.03. The summed E-state index contributed by atoms with van der Waals surface area (Å²) in [7, 11) is 0. The summed E-state index contributed by atoms with van der Waals surface area (Å²) in [6, 6.07) is 7.32. The van der Waals surface area contributed by atoms with Crippen molar-refractivity contribution >= 4 is 6.03 Å². The molecule has 2 amide bonds. The molecular formula is C13H18N2O2. The monoisotopic (exact) mass is 234 g/mol. The molecule has 2 rings (SSSR count). The number of carbonyl (C=O) groups excluding carboxylic acids is 1. The Morgan fingerprint density at radius 1 is 1.47 bits per heavy atom. The molecule has 0 fully saturated rings. The highest BCUT2D eigenvalue weighted by molar-refractivity contribution is 5.74. The van der Waals surface area contributed by atoms with Crippen LogP contribution in [0, 0.1) is 0 Å². The first kappa shape index (κ1) is 11.9. The number of fused-ring (bicyclic) bond motifs is 1. The largest absolute Gasteiger partial charge is 0.390 e. The fourth-order valence-corrected chi connectivity index (χ4v) is 2.18. The number of aliphatic hydroxyl groups excluding tert-OH is 1. The van der Waals surface area contributed by atoms with E-state index in [0.717, 1.165) is 17.5 Å². The Kier molecular flexibility index (Phi) is 3.64. The molecule has 0 aliphatic heterocycles. The summed E-state index contributed by atoms with van der Waals surface area (Å²) in [6.07, 6.45) is 0.978. The molecule has 0 radical (unpaired) electrons. The van der Waals surface area contributed by atoms with E-state index in [9.17, 15) is 9.90 Å². The molecule has 4 heteroatoms. The highest BCUT2D eigenvalue weighted by Crippen LogP contribution is 2.30. The maximum absolute atomic E-state index is 11.6. The Hall–Kier alpha value is -1.55. The molecule has 3 N–H and O–H groups in total. The number of aliphatic hydroxyl groups is 1. The second-order valence-corrected chi connectivity index (χ2v) is 4.35. The maximum atomic E-state index is 11.6. The lowest BCUT2D eigenvalue weighted by molar-refractivity contribution is 0.142. The minimum absolute atomic E-state index is 0.215. The van der Waals surface area contributed by atoms with Gasteiger partial charge in [-0.25, -0.2) is 4.79 Å². The van der Waals surface area contributed by atoms with Gasteiger partial charge in [-0.3, -0.25) is 0 Å². The number of amides is 2. The van der Waals surface area contributed by atoms with E-state index in [1.54, 1.807) is 0 Å². The molecule has 0 aromatic heterocycles. The van der Waals surface area contributed by atoms with E-state index >= 15 is 0 Å². The van der Waals surface area contributed by atoms with Crippen molar-refractivity contribution in [3.05, 3.63) is 35.4 Å². The van der Waals surface area contributed by atoms with E-state index < -0.39 is 6.10 Å². The summed E-state index contributed by atoms with van der Waals surface area (Å²) in [5.74, 6) is 0. The summed E-state index contributed by atoms with van der Waals surface area (Å²) >= 11 is 0. The average molecular weight is 234 g/mol. The van der Waals surface area contributed by atoms with Crippen molar-refractivity contribution < 1.29 is 9.90 Å². The van der Waals surface area contributed by atoms with E-state index in [1.165, 1.54) is 0 Å². The molecule has 2 unspecified atom stereocenters. The van der Waals surface area contributed by atoms with Gasteiger partial charge < -0.3 is 15.7 Å². The van der Waals surface area contributed by atoms with Gasteiger partial charge in [0.05, 0.1) is 12.1 Å². The fraction of sp³-hybridized carbons (Fsp3) is 0.462. The summed E-state index contributed by atoms with van der Waals surface area (Å²) < 4.78 is 0. The van der Waals surface area contributed by atoms with Gasteiger partial charge >= 0.3 is 6.03 Å². The van der Waals surface area contributed by atoms with Crippen LogP contribution in [-0.4, -0.2) is 23.8 Å². The van der Waals surface area contributed by atoms with Crippen molar-refractivity contribution in [1.82, 2.24) is 10.6 Å². The molecule has 0 heterocycles. The second kappa shape index (κ2) is 5.19. The molecule has 2 atom stereocenters. The Balaban J connectivity index is 2.04. The Morgan fingerprint density at radius 3 is 3.00 bits per heavy atom. The van der Waals surface area contributed by atoms with E-state index in [1.807, 2.05) is 31.2 Å². The van der Waals surface area contributed by atoms with Gasteiger partial charge in [-0.1, -0.05) is 31.2 Å². The maximum Gasteiger partial charge on any atom is 0.315 e. The molecule has 0 saturated carbocycles. The van der Waals surface area contributed by atoms with Crippen LogP contribution in [0.4, 0.5) is 4.79 Å². The van der Waals surface area contributed by atoms with E-state index in [2.05, 4.69) is 10.6 Å². The van der Waals surface area contributed by atoms with Crippen molar-refractivity contribution in [2.75, 3.05) is 6.54 Å². The topological polar surface area (TPSA) is 61.4 Å². The molecule has 0 spiro atoms. The number of benzene rings is 1. The van der Waals surface area contributed by atoms with Crippen molar-refractivity contribution in [3.63, 3.8) is 0 Å². The number of nitrogens with one attached hydrogen (secondary N) is 2. The Bertz CT molecular complexity index is 406. The van der Waals surface area contributed by atoms with E-state index in [4.69, 9.17) is 0 Å². The first-order chi connectivity index (χ1) is 8.22. The predicted octanol–water partition coefficient (Wildman–Crippen LogP) is 1.35. The van der Waals surface area contributed by atoms with Crippen LogP contribution in [0.15, 0.2) is 24.3 Å². The van der Waals surface area contributed by atoms with Crippen molar-refractivity contribution in [2.45, 2.75) is 31.9 Å². The first-order valence-corrected chi connectivity index (χ1v) is 6.02. The summed E-state index contributed by atoms with van der Waals surface area (Å²) in [6.45, 7) is 2.65. The van der Waals surface area contributed by atoms with Gasteiger partial charge in [0.25, 0.3) is 0 Å². The zero-order chi connectivity index (χ0) is 12.3. The van der Waals surface area contributed by atoms with Crippen LogP contribution >= 0.6 is 0 Å². The summed E-state index contributed by atoms with van der Waals surface area (Å²) in [5.41, 5.74) is 2.13. The first-order valence-electron chi connectivity index (χ1n) is 6.02. The van der Waals surface area contributed by atoms with Crippen LogP contribution < -0.4 is 10.6 Å². The predicted molar refractivity (Wildman–Crippen MR) is 65.7 cm³/mol. The number of urea groups is 1. The van der Waals surface area contributed by atoms with E-state index in [0.29, 0.717) is 13.0 Å². The molecule has 1 aromatic rings. The fourth-order valence-electron chi connectivity index (χ4n) is 2.18. The molecule has 0 bridgehead atoms. The van der Waals surface area contributed by atoms with Crippen LogP contribution in [-0.2, 0) is 6.42 Å². The Morgan fingerprint density at radius 2 is 2.24 bits per heavy atom. The van der Waals surface area contributed by atoms with Crippen LogP contribution in [0.2, 0.25) is 0 Å². The van der Waals surface area contributed by atoms with Crippen LogP contribution in [0.25, 0.3) is 0 Å². The number of carbonyl (C=O) groups is 1. The van der Waals surface area contributed by atoms with Gasteiger partial charge in [0.15, 0.2) is 0 Å². The standard InChI is InChI=1S/C13H18N2O2/c1-2-7-14-13(17)15-12-10-6-4-3-5-9(10)8-11(12)16/h3-6,11-12,16H,2,7-8H2,1H3,(H2,14,15,17). The lowest BCUT2D eigenvalue weighted by Gasteiger charge is -2.18. The summed E-state index contributed by atoms with van der Waals surface area (Å²) in [4.78, 5) is 11.6. The smallest absolute Gasteiger partial charge is 0.315 e. The molecule has 17 heavy (non-hydrogen) atoms. The molecule has 4 nitrogen and oxygen atoms in total. The number of rotatable bonds is 3. The lowest BCUT2D eigenvalue weighted by Crippen LogP contribution is -2.41. The van der Waals surface area contributed by atoms with Gasteiger partial charge in [-0.2, -0.15) is 0 Å². The average Bonchev–Trinajstić information content (AvgIpc) is 2.64.